The maximum Gasteiger partial charge on any atom is 0.387 e. The number of anilines is 1. The molecule has 1 aromatic carbocycles. The normalized spacial score (nSPS) is 21.1. The lowest BCUT2D eigenvalue weighted by Gasteiger charge is -2.38. The predicted molar refractivity (Wildman–Crippen MR) is 125 cm³/mol. The fraction of sp³-hybridized carbons (Fsp3) is 0.600. The highest BCUT2D eigenvalue weighted by molar-refractivity contribution is 6.05. The lowest BCUT2D eigenvalue weighted by Crippen LogP contribution is -2.44. The summed E-state index contributed by atoms with van der Waals surface area (Å²) < 4.78 is 50.5. The van der Waals surface area contributed by atoms with Gasteiger partial charge in [-0.2, -0.15) is 13.9 Å². The molecule has 1 saturated carbocycles. The van der Waals surface area contributed by atoms with Crippen molar-refractivity contribution in [1.29, 1.82) is 0 Å². The van der Waals surface area contributed by atoms with Gasteiger partial charge in [0.2, 0.25) is 0 Å². The van der Waals surface area contributed by atoms with Crippen LogP contribution in [0.1, 0.15) is 76.2 Å². The van der Waals surface area contributed by atoms with E-state index in [0.29, 0.717) is 18.5 Å². The largest absolute Gasteiger partial charge is 0.434 e. The molecule has 4 rings (SSSR count). The predicted octanol–water partition coefficient (Wildman–Crippen LogP) is 4.52. The topological polar surface area (TPSA) is 79.6 Å². The Balaban J connectivity index is 1.59. The minimum Gasteiger partial charge on any atom is -0.434 e. The number of rotatable bonds is 8. The van der Waals surface area contributed by atoms with Gasteiger partial charge in [-0.3, -0.25) is 14.4 Å². The van der Waals surface area contributed by atoms with Gasteiger partial charge in [0.15, 0.2) is 0 Å². The molecule has 2 aliphatic rings. The van der Waals surface area contributed by atoms with Crippen LogP contribution in [0.4, 0.5) is 14.5 Å². The second-order valence-electron chi connectivity index (χ2n) is 9.82. The molecule has 1 aliphatic heterocycles. The third-order valence-corrected chi connectivity index (χ3v) is 6.75. The second-order valence-corrected chi connectivity index (χ2v) is 9.82. The zero-order valence-corrected chi connectivity index (χ0v) is 19.9. The molecule has 2 heterocycles. The number of halogens is 2. The summed E-state index contributed by atoms with van der Waals surface area (Å²) in [7, 11) is 1.74. The van der Waals surface area contributed by atoms with Gasteiger partial charge < -0.3 is 15.2 Å². The number of aliphatic hydroxyl groups is 1. The van der Waals surface area contributed by atoms with E-state index in [9.17, 15) is 18.7 Å². The Morgan fingerprint density at radius 3 is 2.76 bits per heavy atom. The van der Waals surface area contributed by atoms with Crippen LogP contribution in [0.25, 0.3) is 0 Å². The average molecular weight is 479 g/mol. The van der Waals surface area contributed by atoms with Gasteiger partial charge in [0.25, 0.3) is 5.91 Å². The Labute approximate surface area is 201 Å². The lowest BCUT2D eigenvalue weighted by atomic mass is 9.81. The average Bonchev–Trinajstić information content (AvgIpc) is 3.12. The molecule has 186 valence electrons. The SMILES string of the molecule is [2H]C([2H])(c1ccc(NC(=O)c2cn(C)nc2C2CCC2)cc1OC(F)F)N1CCC[C@H](C(C)(C)O)C1. The summed E-state index contributed by atoms with van der Waals surface area (Å²) >= 11 is 0. The fourth-order valence-corrected chi connectivity index (χ4v) is 4.57. The Kier molecular flexibility index (Phi) is 6.46. The summed E-state index contributed by atoms with van der Waals surface area (Å²) in [5.41, 5.74) is 0.324. The van der Waals surface area contributed by atoms with Crippen molar-refractivity contribution in [2.45, 2.75) is 70.6 Å². The van der Waals surface area contributed by atoms with Gasteiger partial charge in [0.05, 0.1) is 16.9 Å². The molecule has 1 saturated heterocycles. The first-order chi connectivity index (χ1) is 16.9. The van der Waals surface area contributed by atoms with E-state index in [1.165, 1.54) is 18.2 Å². The maximum absolute atomic E-state index is 13.3. The number of carbonyl (C=O) groups is 1. The number of hydrogen-bond donors (Lipinski definition) is 2. The van der Waals surface area contributed by atoms with Gasteiger partial charge in [0.1, 0.15) is 5.75 Å². The highest BCUT2D eigenvalue weighted by Gasteiger charge is 2.32. The molecule has 0 radical (unpaired) electrons. The first-order valence-electron chi connectivity index (χ1n) is 12.8. The number of amides is 1. The Morgan fingerprint density at radius 1 is 1.35 bits per heavy atom. The third-order valence-electron chi connectivity index (χ3n) is 6.75. The maximum atomic E-state index is 13.3. The summed E-state index contributed by atoms with van der Waals surface area (Å²) in [4.78, 5) is 14.6. The molecule has 1 atom stereocenters. The summed E-state index contributed by atoms with van der Waals surface area (Å²) in [6.07, 6.45) is 6.09. The molecular weight excluding hydrogens is 442 g/mol. The molecule has 34 heavy (non-hydrogen) atoms. The molecule has 2 fully saturated rings. The van der Waals surface area contributed by atoms with Crippen LogP contribution in [0.5, 0.6) is 5.75 Å². The quantitative estimate of drug-likeness (QED) is 0.583. The number of benzene rings is 1. The van der Waals surface area contributed by atoms with Gasteiger partial charge in [-0.05, 0) is 58.1 Å². The molecule has 0 bridgehead atoms. The zero-order valence-electron chi connectivity index (χ0n) is 21.9. The highest BCUT2D eigenvalue weighted by Crippen LogP contribution is 2.37. The van der Waals surface area contributed by atoms with Crippen LogP contribution in [0.2, 0.25) is 0 Å². The van der Waals surface area contributed by atoms with Crippen LogP contribution in [-0.2, 0) is 13.5 Å². The summed E-state index contributed by atoms with van der Waals surface area (Å²) in [6, 6.07) is 4.09. The van der Waals surface area contributed by atoms with E-state index in [0.717, 1.165) is 31.4 Å². The molecular formula is C25H34F2N4O3. The number of hydrogen-bond acceptors (Lipinski definition) is 5. The van der Waals surface area contributed by atoms with Crippen LogP contribution in [0.15, 0.2) is 24.4 Å². The summed E-state index contributed by atoms with van der Waals surface area (Å²) in [5, 5.41) is 17.6. The number of nitrogens with zero attached hydrogens (tertiary/aromatic N) is 3. The van der Waals surface area contributed by atoms with E-state index in [1.807, 2.05) is 0 Å². The van der Waals surface area contributed by atoms with Crippen LogP contribution in [0, 0.1) is 5.92 Å². The second kappa shape index (κ2) is 10.00. The molecule has 2 N–H and O–H groups in total. The molecule has 9 heteroatoms. The number of alkyl halides is 2. The van der Waals surface area contributed by atoms with E-state index >= 15 is 0 Å². The smallest absolute Gasteiger partial charge is 0.387 e. The Bertz CT molecular complexity index is 1100. The van der Waals surface area contributed by atoms with E-state index in [2.05, 4.69) is 10.4 Å². The molecule has 7 nitrogen and oxygen atoms in total. The van der Waals surface area contributed by atoms with Crippen LogP contribution in [-0.4, -0.2) is 51.0 Å². The van der Waals surface area contributed by atoms with Crippen molar-refractivity contribution < 1.29 is 26.2 Å². The van der Waals surface area contributed by atoms with Gasteiger partial charge in [0, 0.05) is 52.3 Å². The molecule has 2 aromatic rings. The van der Waals surface area contributed by atoms with Crippen molar-refractivity contribution in [2.75, 3.05) is 18.4 Å². The number of ether oxygens (including phenoxy) is 1. The van der Waals surface area contributed by atoms with Gasteiger partial charge in [-0.15, -0.1) is 0 Å². The molecule has 0 unspecified atom stereocenters. The zero-order chi connectivity index (χ0) is 26.3. The Morgan fingerprint density at radius 2 is 2.12 bits per heavy atom. The number of carbonyl (C=O) groups excluding carboxylic acids is 1. The lowest BCUT2D eigenvalue weighted by molar-refractivity contribution is -0.0512. The number of nitrogens with one attached hydrogen (secondary N) is 1. The number of aryl methyl sites for hydroxylation is 1. The van der Waals surface area contributed by atoms with Crippen molar-refractivity contribution in [3.8, 4) is 5.75 Å². The molecule has 1 aliphatic carbocycles. The van der Waals surface area contributed by atoms with Gasteiger partial charge >= 0.3 is 6.61 Å². The minimum absolute atomic E-state index is 0.0614. The molecule has 1 amide bonds. The van der Waals surface area contributed by atoms with Crippen molar-refractivity contribution in [3.63, 3.8) is 0 Å². The van der Waals surface area contributed by atoms with E-state index in [-0.39, 0.29) is 35.4 Å². The summed E-state index contributed by atoms with van der Waals surface area (Å²) in [5.74, 6) is -0.684. The highest BCUT2D eigenvalue weighted by atomic mass is 19.3. The molecule has 0 spiro atoms. The minimum atomic E-state index is -3.17. The standard InChI is InChI=1S/C25H34F2N4O3/c1-25(2,33)18-8-5-11-31(14-18)13-17-9-10-19(12-21(17)34-24(26)27)28-23(32)20-15-30(3)29-22(20)16-6-4-7-16/h9-10,12,15-16,18,24,33H,4-8,11,13-14H2,1-3H3,(H,28,32)/t18-/m0/s1/i13D2. The number of likely N-dealkylation sites (tertiary alicyclic amines) is 1. The van der Waals surface area contributed by atoms with Crippen LogP contribution >= 0.6 is 0 Å². The first kappa shape index (κ1) is 22.0. The van der Waals surface area contributed by atoms with Crippen molar-refractivity contribution in [1.82, 2.24) is 14.7 Å². The fourth-order valence-electron chi connectivity index (χ4n) is 4.57. The van der Waals surface area contributed by atoms with Crippen molar-refractivity contribution in [3.05, 3.63) is 41.2 Å². The summed E-state index contributed by atoms with van der Waals surface area (Å²) in [6.45, 7) is -1.22. The van der Waals surface area contributed by atoms with E-state index < -0.39 is 24.6 Å². The van der Waals surface area contributed by atoms with E-state index in [1.54, 1.807) is 36.7 Å². The van der Waals surface area contributed by atoms with Gasteiger partial charge in [-0.1, -0.05) is 12.5 Å². The number of piperidine rings is 1. The van der Waals surface area contributed by atoms with Gasteiger partial charge in [-0.25, -0.2) is 0 Å². The monoisotopic (exact) mass is 478 g/mol. The van der Waals surface area contributed by atoms with Crippen LogP contribution < -0.4 is 10.1 Å². The van der Waals surface area contributed by atoms with Crippen molar-refractivity contribution in [2.24, 2.45) is 13.0 Å². The number of aromatic nitrogens is 2. The third kappa shape index (κ3) is 5.75. The van der Waals surface area contributed by atoms with E-state index in [4.69, 9.17) is 7.48 Å². The van der Waals surface area contributed by atoms with Crippen molar-refractivity contribution >= 4 is 11.6 Å². The first-order valence-corrected chi connectivity index (χ1v) is 11.8. The van der Waals surface area contributed by atoms with Crippen LogP contribution in [0.3, 0.4) is 0 Å². The molecule has 1 aromatic heterocycles. The Hall–Kier alpha value is -2.52.